The molecule has 0 aromatic heterocycles. The predicted molar refractivity (Wildman–Crippen MR) is 112 cm³/mol. The SMILES string of the molecule is CN(C(=O)C1CCCCC1)C1=CCC2(C)C(=C1)NC(N)=C2C(=O)NCC(C)(C)O. The van der Waals surface area contributed by atoms with Crippen LogP contribution in [0.3, 0.4) is 0 Å². The summed E-state index contributed by atoms with van der Waals surface area (Å²) in [6, 6.07) is 0. The van der Waals surface area contributed by atoms with Crippen LogP contribution in [-0.4, -0.2) is 41.0 Å². The molecule has 1 unspecified atom stereocenters. The van der Waals surface area contributed by atoms with E-state index in [2.05, 4.69) is 10.6 Å². The molecular formula is C22H34N4O3. The zero-order valence-corrected chi connectivity index (χ0v) is 18.0. The van der Waals surface area contributed by atoms with Gasteiger partial charge in [-0.15, -0.1) is 0 Å². The van der Waals surface area contributed by atoms with Gasteiger partial charge in [-0.25, -0.2) is 0 Å². The second-order valence-electron chi connectivity index (χ2n) is 9.36. The fourth-order valence-corrected chi connectivity index (χ4v) is 4.44. The van der Waals surface area contributed by atoms with Gasteiger partial charge in [0.1, 0.15) is 5.82 Å². The molecule has 3 rings (SSSR count). The number of carbonyl (C=O) groups is 2. The third kappa shape index (κ3) is 4.34. The minimum atomic E-state index is -1.00. The van der Waals surface area contributed by atoms with E-state index in [1.165, 1.54) is 6.42 Å². The molecular weight excluding hydrogens is 368 g/mol. The monoisotopic (exact) mass is 402 g/mol. The van der Waals surface area contributed by atoms with Crippen LogP contribution in [0.4, 0.5) is 0 Å². The zero-order valence-electron chi connectivity index (χ0n) is 18.0. The van der Waals surface area contributed by atoms with E-state index in [0.29, 0.717) is 17.8 Å². The molecule has 1 fully saturated rings. The van der Waals surface area contributed by atoms with Crippen molar-refractivity contribution in [3.63, 3.8) is 0 Å². The number of amides is 2. The number of nitrogens with two attached hydrogens (primary N) is 1. The number of allylic oxidation sites excluding steroid dienone is 3. The lowest BCUT2D eigenvalue weighted by Crippen LogP contribution is -2.41. The number of hydrogen-bond acceptors (Lipinski definition) is 5. The van der Waals surface area contributed by atoms with E-state index in [1.807, 2.05) is 26.1 Å². The van der Waals surface area contributed by atoms with Gasteiger partial charge in [-0.1, -0.05) is 25.3 Å². The van der Waals surface area contributed by atoms with E-state index < -0.39 is 11.0 Å². The highest BCUT2D eigenvalue weighted by atomic mass is 16.3. The van der Waals surface area contributed by atoms with Gasteiger partial charge < -0.3 is 26.4 Å². The van der Waals surface area contributed by atoms with Crippen molar-refractivity contribution in [3.05, 3.63) is 34.9 Å². The maximum Gasteiger partial charge on any atom is 0.251 e. The van der Waals surface area contributed by atoms with Crippen LogP contribution in [0.1, 0.15) is 59.3 Å². The first-order chi connectivity index (χ1) is 13.5. The quantitative estimate of drug-likeness (QED) is 0.561. The maximum atomic E-state index is 12.9. The summed E-state index contributed by atoms with van der Waals surface area (Å²) in [5, 5.41) is 15.8. The Morgan fingerprint density at radius 2 is 2.00 bits per heavy atom. The molecule has 2 amide bonds. The molecule has 1 aliphatic heterocycles. The zero-order chi connectivity index (χ0) is 21.4. The molecule has 1 saturated carbocycles. The number of rotatable bonds is 5. The number of aliphatic hydroxyl groups is 1. The minimum Gasteiger partial charge on any atom is -0.389 e. The number of fused-ring (bicyclic) bond motifs is 1. The number of likely N-dealkylation sites (N-methyl/N-ethyl adjacent to an activating group) is 1. The lowest BCUT2D eigenvalue weighted by atomic mass is 9.75. The first-order valence-corrected chi connectivity index (χ1v) is 10.5. The third-order valence-electron chi connectivity index (χ3n) is 6.28. The van der Waals surface area contributed by atoms with Gasteiger partial charge >= 0.3 is 0 Å². The summed E-state index contributed by atoms with van der Waals surface area (Å²) in [5.74, 6) is 0.303. The highest BCUT2D eigenvalue weighted by Gasteiger charge is 2.45. The summed E-state index contributed by atoms with van der Waals surface area (Å²) in [7, 11) is 1.82. The topological polar surface area (TPSA) is 108 Å². The van der Waals surface area contributed by atoms with Gasteiger partial charge in [0.05, 0.1) is 11.2 Å². The molecule has 0 aromatic rings. The largest absolute Gasteiger partial charge is 0.389 e. The minimum absolute atomic E-state index is 0.101. The standard InChI is InChI=1S/C22H34N4O3/c1-21(2,29)13-24-19(27)17-18(23)25-16-12-15(10-11-22(16,17)3)26(4)20(28)14-8-6-5-7-9-14/h10,12,14,25,29H,5-9,11,13,23H2,1-4H3,(H,24,27). The van der Waals surface area contributed by atoms with Crippen molar-refractivity contribution in [2.45, 2.75) is 64.9 Å². The Morgan fingerprint density at radius 3 is 2.62 bits per heavy atom. The van der Waals surface area contributed by atoms with E-state index in [1.54, 1.807) is 18.7 Å². The second-order valence-corrected chi connectivity index (χ2v) is 9.36. The fourth-order valence-electron chi connectivity index (χ4n) is 4.44. The summed E-state index contributed by atoms with van der Waals surface area (Å²) in [5.41, 5.74) is 6.72. The van der Waals surface area contributed by atoms with Crippen molar-refractivity contribution in [3.8, 4) is 0 Å². The molecule has 0 aromatic carbocycles. The number of nitrogens with one attached hydrogen (secondary N) is 2. The van der Waals surface area contributed by atoms with Gasteiger partial charge in [0.25, 0.3) is 5.91 Å². The predicted octanol–water partition coefficient (Wildman–Crippen LogP) is 1.86. The molecule has 1 heterocycles. The summed E-state index contributed by atoms with van der Waals surface area (Å²) in [6.45, 7) is 5.39. The van der Waals surface area contributed by atoms with Crippen molar-refractivity contribution in [1.29, 1.82) is 0 Å². The Kier molecular flexibility index (Phi) is 5.81. The Balaban J connectivity index is 1.74. The highest BCUT2D eigenvalue weighted by Crippen LogP contribution is 2.46. The van der Waals surface area contributed by atoms with E-state index in [0.717, 1.165) is 37.1 Å². The Bertz CT molecular complexity index is 784. The third-order valence-corrected chi connectivity index (χ3v) is 6.28. The van der Waals surface area contributed by atoms with Crippen LogP contribution >= 0.6 is 0 Å². The van der Waals surface area contributed by atoms with E-state index in [-0.39, 0.29) is 24.3 Å². The van der Waals surface area contributed by atoms with Gasteiger partial charge in [0.15, 0.2) is 0 Å². The van der Waals surface area contributed by atoms with E-state index in [4.69, 9.17) is 5.73 Å². The second kappa shape index (κ2) is 7.86. The molecule has 0 saturated heterocycles. The molecule has 1 atom stereocenters. The smallest absolute Gasteiger partial charge is 0.251 e. The van der Waals surface area contributed by atoms with Crippen LogP contribution in [0.5, 0.6) is 0 Å². The van der Waals surface area contributed by atoms with Gasteiger partial charge in [0, 0.05) is 36.3 Å². The van der Waals surface area contributed by atoms with Crippen LogP contribution < -0.4 is 16.4 Å². The summed E-state index contributed by atoms with van der Waals surface area (Å²) in [4.78, 5) is 27.4. The van der Waals surface area contributed by atoms with Crippen LogP contribution in [0.25, 0.3) is 0 Å². The molecule has 0 radical (unpaired) electrons. The summed E-state index contributed by atoms with van der Waals surface area (Å²) in [6.07, 6.45) is 9.87. The fraction of sp³-hybridized carbons (Fsp3) is 0.636. The first-order valence-electron chi connectivity index (χ1n) is 10.5. The van der Waals surface area contributed by atoms with Crippen molar-refractivity contribution in [2.75, 3.05) is 13.6 Å². The molecule has 0 spiro atoms. The Morgan fingerprint density at radius 1 is 1.34 bits per heavy atom. The van der Waals surface area contributed by atoms with Crippen molar-refractivity contribution in [2.24, 2.45) is 17.1 Å². The molecule has 7 nitrogen and oxygen atoms in total. The molecule has 7 heteroatoms. The lowest BCUT2D eigenvalue weighted by Gasteiger charge is -2.34. The summed E-state index contributed by atoms with van der Waals surface area (Å²) < 4.78 is 0. The van der Waals surface area contributed by atoms with Gasteiger partial charge in [-0.3, -0.25) is 9.59 Å². The molecule has 160 valence electrons. The highest BCUT2D eigenvalue weighted by molar-refractivity contribution is 5.97. The number of hydrogen-bond donors (Lipinski definition) is 4. The van der Waals surface area contributed by atoms with Crippen LogP contribution in [-0.2, 0) is 9.59 Å². The molecule has 0 bridgehead atoms. The van der Waals surface area contributed by atoms with E-state index in [9.17, 15) is 14.7 Å². The number of nitrogens with zero attached hydrogens (tertiary/aromatic N) is 1. The first kappa shape index (κ1) is 21.4. The van der Waals surface area contributed by atoms with Crippen LogP contribution in [0, 0.1) is 11.3 Å². The maximum absolute atomic E-state index is 12.9. The average Bonchev–Trinajstić information content (AvgIpc) is 2.94. The molecule has 2 aliphatic carbocycles. The van der Waals surface area contributed by atoms with Crippen LogP contribution in [0.15, 0.2) is 34.9 Å². The van der Waals surface area contributed by atoms with Crippen molar-refractivity contribution < 1.29 is 14.7 Å². The van der Waals surface area contributed by atoms with Gasteiger partial charge in [-0.2, -0.15) is 0 Å². The molecule has 3 aliphatic rings. The average molecular weight is 403 g/mol. The van der Waals surface area contributed by atoms with E-state index >= 15 is 0 Å². The molecule has 29 heavy (non-hydrogen) atoms. The summed E-state index contributed by atoms with van der Waals surface area (Å²) >= 11 is 0. The lowest BCUT2D eigenvalue weighted by molar-refractivity contribution is -0.133. The Labute approximate surface area is 173 Å². The normalized spacial score (nSPS) is 25.0. The number of carbonyl (C=O) groups excluding carboxylic acids is 2. The molecule has 5 N–H and O–H groups in total. The van der Waals surface area contributed by atoms with Crippen molar-refractivity contribution in [1.82, 2.24) is 15.5 Å². The Hall–Kier alpha value is -2.28. The van der Waals surface area contributed by atoms with Gasteiger partial charge in [-0.05, 0) is 46.1 Å². The van der Waals surface area contributed by atoms with Crippen LogP contribution in [0.2, 0.25) is 0 Å². The van der Waals surface area contributed by atoms with Crippen molar-refractivity contribution >= 4 is 11.8 Å². The van der Waals surface area contributed by atoms with Gasteiger partial charge in [0.2, 0.25) is 5.91 Å².